The van der Waals surface area contributed by atoms with Crippen molar-refractivity contribution >= 4 is 88.9 Å². The number of aromatic nitrogens is 1. The van der Waals surface area contributed by atoms with Crippen LogP contribution >= 0.6 is 0 Å². The zero-order valence-corrected chi connectivity index (χ0v) is 74.2. The molecule has 6 nitrogen and oxygen atoms in total. The average molecular weight is 1730 g/mol. The Morgan fingerprint density at radius 3 is 0.956 bits per heavy atom. The van der Waals surface area contributed by atoms with Gasteiger partial charge in [0.15, 0.2) is 0 Å². The van der Waals surface area contributed by atoms with Crippen molar-refractivity contribution in [3.8, 4) is 162 Å². The van der Waals surface area contributed by atoms with Crippen molar-refractivity contribution in [3.63, 3.8) is 0 Å². The van der Waals surface area contributed by atoms with Crippen molar-refractivity contribution < 1.29 is 13.3 Å². The molecule has 0 radical (unpaired) electrons. The summed E-state index contributed by atoms with van der Waals surface area (Å²) in [6, 6.07) is 172. The van der Waals surface area contributed by atoms with Crippen LogP contribution in [0.3, 0.4) is 0 Å². The zero-order chi connectivity index (χ0) is 89.4. The molecule has 4 aromatic heterocycles. The van der Waals surface area contributed by atoms with Crippen molar-refractivity contribution in [2.24, 2.45) is 0 Å². The van der Waals surface area contributed by atoms with Crippen LogP contribution in [0.1, 0.15) is 25.0 Å². The van der Waals surface area contributed by atoms with Crippen molar-refractivity contribution in [2.45, 2.75) is 19.3 Å². The molecule has 4 heterocycles. The monoisotopic (exact) mass is 1720 g/mol. The van der Waals surface area contributed by atoms with Crippen LogP contribution in [0.5, 0.6) is 0 Å². The standard InChI is InChI=1S/C53H37NO.C44H29NO.C32H19NO/c1-53(2)47-21-11-10-18-43(47)44-32-31-39(33-48(44)53)54(37-13-4-3-5-14-37)38-29-27-35(28-30-38)34-23-25-36(26-24-34)52-51-46-19-9-8-17-42(46)40-15-6-7-16-41(40)45-20-12-22-49(55-52)50(45)51;1-3-12-33(13-4-1)45(34-14-5-2-6-15-34)35-28-26-31(27-29-35)30-22-24-32(25-23-30)44-43-40-19-10-9-18-38(40)36-16-7-8-17-37(36)39-20-11-21-41(46-44)42(39)43;1-3-10-20(11-4-1)32-31-24-16-9-19-27-30(24)29-23(15-8-18-26(29)34-27)22-14-7-17-25(28(22)31)33(32)21-12-5-2-6-13-21/h3-33H,1-2H3;1-29H;1-19H. The number of rotatable bonds is 12. The maximum atomic E-state index is 6.75. The molecule has 0 bridgehead atoms. The summed E-state index contributed by atoms with van der Waals surface area (Å²) < 4.78 is 22.2. The van der Waals surface area contributed by atoms with E-state index in [1.54, 1.807) is 0 Å². The number of benzene rings is 20. The maximum absolute atomic E-state index is 6.75. The van der Waals surface area contributed by atoms with Gasteiger partial charge in [-0.05, 0) is 238 Å². The molecular weight excluding hydrogens is 1640 g/mol. The normalized spacial score (nSPS) is 12.3. The second kappa shape index (κ2) is 31.9. The molecule has 0 N–H and O–H groups in total. The quantitative estimate of drug-likeness (QED) is 0.122. The molecule has 24 aromatic rings. The zero-order valence-electron chi connectivity index (χ0n) is 74.2. The molecule has 28 rings (SSSR count). The summed E-state index contributed by atoms with van der Waals surface area (Å²) in [7, 11) is 0. The first kappa shape index (κ1) is 78.5. The predicted molar refractivity (Wildman–Crippen MR) is 561 cm³/mol. The number of hydrogen-bond acceptors (Lipinski definition) is 5. The van der Waals surface area contributed by atoms with Crippen LogP contribution in [-0.2, 0) is 5.41 Å². The Bertz CT molecular complexity index is 8730. The summed E-state index contributed by atoms with van der Waals surface area (Å²) in [5, 5.41) is 6.06. The molecule has 4 aliphatic rings. The summed E-state index contributed by atoms with van der Waals surface area (Å²) >= 11 is 0. The van der Waals surface area contributed by atoms with Gasteiger partial charge in [-0.2, -0.15) is 0 Å². The highest BCUT2D eigenvalue weighted by Gasteiger charge is 2.38. The summed E-state index contributed by atoms with van der Waals surface area (Å²) in [5.41, 5.74) is 47.0. The number of fused-ring (bicyclic) bond motifs is 15. The third-order valence-electron chi connectivity index (χ3n) is 28.1. The van der Waals surface area contributed by atoms with E-state index in [0.29, 0.717) is 0 Å². The number of para-hydroxylation sites is 4. The highest BCUT2D eigenvalue weighted by molar-refractivity contribution is 6.28. The summed E-state index contributed by atoms with van der Waals surface area (Å²) in [6.07, 6.45) is 0. The van der Waals surface area contributed by atoms with Crippen LogP contribution in [0, 0.1) is 0 Å². The Hall–Kier alpha value is -17.6. The minimum Gasteiger partial charge on any atom is -0.456 e. The Morgan fingerprint density at radius 2 is 0.496 bits per heavy atom. The van der Waals surface area contributed by atoms with E-state index in [1.165, 1.54) is 155 Å². The minimum atomic E-state index is -0.0731. The molecule has 0 unspecified atom stereocenters. The van der Waals surface area contributed by atoms with E-state index in [4.69, 9.17) is 13.3 Å². The van der Waals surface area contributed by atoms with Crippen LogP contribution in [0.25, 0.3) is 217 Å². The second-order valence-corrected chi connectivity index (χ2v) is 35.9. The van der Waals surface area contributed by atoms with E-state index in [1.807, 2.05) is 0 Å². The maximum Gasteiger partial charge on any atom is 0.143 e. The lowest BCUT2D eigenvalue weighted by atomic mass is 9.82. The van der Waals surface area contributed by atoms with Crippen molar-refractivity contribution in [1.82, 2.24) is 4.57 Å². The molecule has 0 fully saturated rings. The Balaban J connectivity index is 0.000000108. The van der Waals surface area contributed by atoms with E-state index >= 15 is 0 Å². The van der Waals surface area contributed by atoms with E-state index in [-0.39, 0.29) is 5.41 Å². The molecule has 0 amide bonds. The smallest absolute Gasteiger partial charge is 0.143 e. The molecule has 0 spiro atoms. The third kappa shape index (κ3) is 12.8. The van der Waals surface area contributed by atoms with Gasteiger partial charge in [0, 0.05) is 100.0 Å². The third-order valence-corrected chi connectivity index (χ3v) is 28.1. The van der Waals surface area contributed by atoms with Gasteiger partial charge in [-0.25, -0.2) is 0 Å². The fourth-order valence-corrected chi connectivity index (χ4v) is 22.0. The number of hydrogen-bond donors (Lipinski definition) is 0. The fourth-order valence-electron chi connectivity index (χ4n) is 22.0. The molecule has 6 heteroatoms. The summed E-state index contributed by atoms with van der Waals surface area (Å²) in [4.78, 5) is 4.65. The van der Waals surface area contributed by atoms with E-state index < -0.39 is 0 Å². The van der Waals surface area contributed by atoms with E-state index in [9.17, 15) is 0 Å². The van der Waals surface area contributed by atoms with Crippen molar-refractivity contribution in [2.75, 3.05) is 9.80 Å². The lowest BCUT2D eigenvalue weighted by Gasteiger charge is -2.28. The largest absolute Gasteiger partial charge is 0.456 e. The molecule has 634 valence electrons. The van der Waals surface area contributed by atoms with E-state index in [0.717, 1.165) is 107 Å². The Labute approximate surface area is 782 Å². The summed E-state index contributed by atoms with van der Waals surface area (Å²) in [6.45, 7) is 4.68. The molecule has 4 aliphatic carbocycles. The van der Waals surface area contributed by atoms with Crippen LogP contribution in [0.15, 0.2) is 492 Å². The first-order chi connectivity index (χ1) is 66.8. The van der Waals surface area contributed by atoms with Gasteiger partial charge in [0.1, 0.15) is 33.9 Å². The minimum absolute atomic E-state index is 0.0731. The van der Waals surface area contributed by atoms with Crippen LogP contribution in [-0.4, -0.2) is 4.57 Å². The molecule has 0 atom stereocenters. The summed E-state index contributed by atoms with van der Waals surface area (Å²) in [5.74, 6) is 1.81. The molecule has 20 aromatic carbocycles. The van der Waals surface area contributed by atoms with Crippen LogP contribution < -0.4 is 9.80 Å². The topological polar surface area (TPSA) is 50.8 Å². The average Bonchev–Trinajstić information content (AvgIpc) is 1.53. The van der Waals surface area contributed by atoms with Gasteiger partial charge in [0.25, 0.3) is 0 Å². The SMILES string of the molecule is CC1(C)c2ccccc2-c2ccc(N(c3ccccc3)c3ccc(-c4ccc(-c5oc6cccc7c6c5-c5ccccc5-c5ccccc5-7)cc4)cc3)cc21.c1ccc(-c2c3c4c(cccc4n2-c2ccccc2)-c2cccc4oc5cccc-3c5c24)cc1.c1ccc(N(c2ccccc2)c2ccc(-c3ccc(-c4oc5cccc6c5c4-c4ccccc4-c4ccccc4-6)cc3)cc2)cc1. The lowest BCUT2D eigenvalue weighted by molar-refractivity contribution is 0.632. The lowest BCUT2D eigenvalue weighted by Crippen LogP contribution is -2.16. The van der Waals surface area contributed by atoms with Crippen LogP contribution in [0.2, 0.25) is 0 Å². The molecule has 0 aliphatic heterocycles. The Kier molecular flexibility index (Phi) is 18.6. The van der Waals surface area contributed by atoms with Gasteiger partial charge >= 0.3 is 0 Å². The number of anilines is 6. The first-order valence-electron chi connectivity index (χ1n) is 46.4. The molecule has 135 heavy (non-hydrogen) atoms. The van der Waals surface area contributed by atoms with Gasteiger partial charge in [-0.15, -0.1) is 0 Å². The van der Waals surface area contributed by atoms with Crippen molar-refractivity contribution in [3.05, 3.63) is 490 Å². The van der Waals surface area contributed by atoms with Gasteiger partial charge < -0.3 is 27.6 Å². The highest BCUT2D eigenvalue weighted by Crippen LogP contribution is 2.59. The molecule has 0 saturated carbocycles. The van der Waals surface area contributed by atoms with Gasteiger partial charge in [0.2, 0.25) is 0 Å². The van der Waals surface area contributed by atoms with E-state index in [2.05, 4.69) is 507 Å². The van der Waals surface area contributed by atoms with Crippen LogP contribution in [0.4, 0.5) is 34.1 Å². The van der Waals surface area contributed by atoms with Crippen molar-refractivity contribution in [1.29, 1.82) is 0 Å². The van der Waals surface area contributed by atoms with Gasteiger partial charge in [-0.1, -0.05) is 378 Å². The second-order valence-electron chi connectivity index (χ2n) is 35.9. The fraction of sp³-hybridized carbons (Fsp3) is 0.0233. The highest BCUT2D eigenvalue weighted by atomic mass is 16.3. The first-order valence-corrected chi connectivity index (χ1v) is 46.4. The Morgan fingerprint density at radius 1 is 0.193 bits per heavy atom. The number of nitrogens with zero attached hydrogens (tertiary/aromatic N) is 3. The predicted octanol–water partition coefficient (Wildman–Crippen LogP) is 36.3. The van der Waals surface area contributed by atoms with Gasteiger partial charge in [0.05, 0.1) is 11.2 Å². The molecule has 0 saturated heterocycles. The number of furan rings is 3. The van der Waals surface area contributed by atoms with Gasteiger partial charge in [-0.3, -0.25) is 0 Å². The molecular formula is C129H85N3O3.